The molecule has 1 aliphatic carbocycles. The van der Waals surface area contributed by atoms with E-state index in [9.17, 15) is 19.5 Å². The van der Waals surface area contributed by atoms with Gasteiger partial charge in [-0.3, -0.25) is 14.4 Å². The molecule has 2 aromatic carbocycles. The van der Waals surface area contributed by atoms with Gasteiger partial charge >= 0.3 is 5.97 Å². The van der Waals surface area contributed by atoms with Gasteiger partial charge in [-0.2, -0.15) is 0 Å². The number of aromatic amines is 1. The topological polar surface area (TPSA) is 145 Å². The zero-order valence-electron chi connectivity index (χ0n) is 20.8. The Balaban J connectivity index is 1.53. The number of hydrogen-bond donors (Lipinski definition) is 3. The molecule has 6 rings (SSSR count). The van der Waals surface area contributed by atoms with Crippen molar-refractivity contribution >= 4 is 27.8 Å². The number of pyridine rings is 1. The van der Waals surface area contributed by atoms with Gasteiger partial charge in [-0.15, -0.1) is 0 Å². The summed E-state index contributed by atoms with van der Waals surface area (Å²) in [6.07, 6.45) is 1.44. The fourth-order valence-electron chi connectivity index (χ4n) is 5.69. The van der Waals surface area contributed by atoms with Crippen LogP contribution in [0.15, 0.2) is 45.8 Å². The normalized spacial score (nSPS) is 22.5. The van der Waals surface area contributed by atoms with E-state index in [-0.39, 0.29) is 36.2 Å². The van der Waals surface area contributed by atoms with Crippen molar-refractivity contribution in [3.05, 3.63) is 73.6 Å². The molecule has 3 aliphatic rings. The highest BCUT2D eigenvalue weighted by Crippen LogP contribution is 2.55. The molecule has 0 bridgehead atoms. The van der Waals surface area contributed by atoms with E-state index in [1.54, 1.807) is 24.3 Å². The minimum Gasteiger partial charge on any atom is -0.502 e. The Kier molecular flexibility index (Phi) is 6.13. The Hall–Kier alpha value is -4.19. The van der Waals surface area contributed by atoms with Crippen LogP contribution >= 0.6 is 15.9 Å². The Morgan fingerprint density at radius 3 is 2.36 bits per heavy atom. The van der Waals surface area contributed by atoms with Gasteiger partial charge in [0.2, 0.25) is 12.5 Å². The number of cyclic esters (lactones) is 1. The van der Waals surface area contributed by atoms with Crippen molar-refractivity contribution in [1.82, 2.24) is 10.3 Å². The second kappa shape index (κ2) is 9.53. The van der Waals surface area contributed by atoms with Crippen LogP contribution in [0.5, 0.6) is 28.7 Å². The van der Waals surface area contributed by atoms with E-state index in [0.717, 1.165) is 0 Å². The number of amides is 1. The molecule has 1 aromatic heterocycles. The van der Waals surface area contributed by atoms with Gasteiger partial charge in [-0.05, 0) is 63.0 Å². The van der Waals surface area contributed by atoms with Gasteiger partial charge in [0, 0.05) is 22.5 Å². The van der Waals surface area contributed by atoms with Crippen LogP contribution in [0.3, 0.4) is 0 Å². The van der Waals surface area contributed by atoms with Crippen LogP contribution in [0.2, 0.25) is 0 Å². The summed E-state index contributed by atoms with van der Waals surface area (Å²) in [6, 6.07) is 7.63. The number of ether oxygens (including phenoxy) is 5. The summed E-state index contributed by atoms with van der Waals surface area (Å²) < 4.78 is 28.1. The standard InChI is InChI=1S/C27H23BrN2O9/c1-35-19-3-11(4-20(36-2)24(19)31)21-13-6-17-18(39-10-38-17)7-14(13)23(16-9-37-27(34)22(16)21)30-26(33)15-5-12(28)8-29-25(15)32/h3-8,16,21-23,31H,9-10H2,1-2H3,(H,29,32)(H,30,33)/t16-,21+,22-,23+/m0/s1. The van der Waals surface area contributed by atoms with E-state index in [4.69, 9.17) is 23.7 Å². The van der Waals surface area contributed by atoms with Gasteiger partial charge in [-0.25, -0.2) is 0 Å². The van der Waals surface area contributed by atoms with Crippen LogP contribution in [0.4, 0.5) is 0 Å². The summed E-state index contributed by atoms with van der Waals surface area (Å²) in [5.74, 6) is -1.58. The zero-order valence-corrected chi connectivity index (χ0v) is 22.4. The lowest BCUT2D eigenvalue weighted by atomic mass is 9.65. The largest absolute Gasteiger partial charge is 0.502 e. The predicted molar refractivity (Wildman–Crippen MR) is 139 cm³/mol. The van der Waals surface area contributed by atoms with Gasteiger partial charge in [0.1, 0.15) is 5.56 Å². The van der Waals surface area contributed by atoms with Crippen LogP contribution in [0.1, 0.15) is 39.0 Å². The van der Waals surface area contributed by atoms with Crippen LogP contribution in [0, 0.1) is 11.8 Å². The molecule has 1 fully saturated rings. The molecule has 1 saturated heterocycles. The van der Waals surface area contributed by atoms with Crippen molar-refractivity contribution in [2.75, 3.05) is 27.6 Å². The number of benzene rings is 2. The predicted octanol–water partition coefficient (Wildman–Crippen LogP) is 2.99. The second-order valence-corrected chi connectivity index (χ2v) is 10.3. The zero-order chi connectivity index (χ0) is 27.4. The molecule has 0 spiro atoms. The highest BCUT2D eigenvalue weighted by atomic mass is 79.9. The summed E-state index contributed by atoms with van der Waals surface area (Å²) in [5, 5.41) is 13.5. The molecule has 3 heterocycles. The minimum atomic E-state index is -0.706. The molecular weight excluding hydrogens is 576 g/mol. The maximum Gasteiger partial charge on any atom is 0.310 e. The Morgan fingerprint density at radius 1 is 1.03 bits per heavy atom. The van der Waals surface area contributed by atoms with Crippen molar-refractivity contribution in [3.8, 4) is 28.7 Å². The van der Waals surface area contributed by atoms with Crippen molar-refractivity contribution < 1.29 is 38.4 Å². The maximum atomic E-state index is 13.4. The molecule has 0 unspecified atom stereocenters. The number of hydrogen-bond acceptors (Lipinski definition) is 9. The monoisotopic (exact) mass is 598 g/mol. The van der Waals surface area contributed by atoms with Crippen molar-refractivity contribution in [1.29, 1.82) is 0 Å². The van der Waals surface area contributed by atoms with Gasteiger partial charge in [-0.1, -0.05) is 0 Å². The van der Waals surface area contributed by atoms with E-state index < -0.39 is 41.2 Å². The summed E-state index contributed by atoms with van der Waals surface area (Å²) in [4.78, 5) is 41.6. The van der Waals surface area contributed by atoms with Crippen LogP contribution in [-0.2, 0) is 9.53 Å². The number of aromatic nitrogens is 1. The molecule has 3 aromatic rings. The van der Waals surface area contributed by atoms with Gasteiger partial charge in [0.25, 0.3) is 11.5 Å². The van der Waals surface area contributed by atoms with E-state index in [1.807, 2.05) is 0 Å². The molecular formula is C27H23BrN2O9. The molecule has 202 valence electrons. The number of esters is 1. The van der Waals surface area contributed by atoms with Crippen LogP contribution in [0.25, 0.3) is 0 Å². The number of phenolic OH excluding ortho intramolecular Hbond substituents is 1. The Bertz CT molecular complexity index is 1540. The molecule has 2 aliphatic heterocycles. The first-order valence-electron chi connectivity index (χ1n) is 12.0. The maximum absolute atomic E-state index is 13.4. The summed E-state index contributed by atoms with van der Waals surface area (Å²) in [6.45, 7) is 0.0864. The van der Waals surface area contributed by atoms with Gasteiger partial charge in [0.15, 0.2) is 23.0 Å². The van der Waals surface area contributed by atoms with Gasteiger partial charge < -0.3 is 39.1 Å². The molecule has 0 saturated carbocycles. The fraction of sp³-hybridized carbons (Fsp3) is 0.296. The molecule has 3 N–H and O–H groups in total. The first kappa shape index (κ1) is 25.1. The average Bonchev–Trinajstić information content (AvgIpc) is 3.55. The number of H-pyrrole nitrogens is 1. The third kappa shape index (κ3) is 4.06. The second-order valence-electron chi connectivity index (χ2n) is 9.42. The van der Waals surface area contributed by atoms with E-state index in [0.29, 0.717) is 32.7 Å². The van der Waals surface area contributed by atoms with Crippen LogP contribution < -0.4 is 29.8 Å². The van der Waals surface area contributed by atoms with E-state index >= 15 is 0 Å². The number of aromatic hydroxyl groups is 1. The van der Waals surface area contributed by atoms with Crippen molar-refractivity contribution in [2.24, 2.45) is 11.8 Å². The number of carbonyl (C=O) groups is 2. The summed E-state index contributed by atoms with van der Waals surface area (Å²) in [7, 11) is 2.85. The van der Waals surface area contributed by atoms with Crippen LogP contribution in [-0.4, -0.2) is 49.6 Å². The van der Waals surface area contributed by atoms with Gasteiger partial charge in [0.05, 0.1) is 32.8 Å². The quantitative estimate of drug-likeness (QED) is 0.377. The summed E-state index contributed by atoms with van der Waals surface area (Å²) >= 11 is 3.28. The number of phenols is 1. The average molecular weight is 599 g/mol. The molecule has 0 radical (unpaired) electrons. The third-order valence-electron chi connectivity index (χ3n) is 7.45. The fourth-order valence-corrected chi connectivity index (χ4v) is 6.03. The number of nitrogens with one attached hydrogen (secondary N) is 2. The lowest BCUT2D eigenvalue weighted by Gasteiger charge is -2.39. The van der Waals surface area contributed by atoms with E-state index in [2.05, 4.69) is 26.2 Å². The number of rotatable bonds is 5. The first-order chi connectivity index (χ1) is 18.8. The molecule has 4 atom stereocenters. The molecule has 39 heavy (non-hydrogen) atoms. The lowest BCUT2D eigenvalue weighted by molar-refractivity contribution is -0.141. The number of carbonyl (C=O) groups excluding carboxylic acids is 2. The number of halogens is 1. The Labute approximate surface area is 230 Å². The molecule has 12 heteroatoms. The highest BCUT2D eigenvalue weighted by Gasteiger charge is 2.53. The number of methoxy groups -OCH3 is 2. The molecule has 1 amide bonds. The lowest BCUT2D eigenvalue weighted by Crippen LogP contribution is -2.43. The third-order valence-corrected chi connectivity index (χ3v) is 7.91. The van der Waals surface area contributed by atoms with Crippen molar-refractivity contribution in [2.45, 2.75) is 12.0 Å². The summed E-state index contributed by atoms with van der Waals surface area (Å²) in [5.41, 5.74) is 1.40. The number of fused-ring (bicyclic) bond motifs is 3. The van der Waals surface area contributed by atoms with E-state index in [1.165, 1.54) is 26.5 Å². The smallest absolute Gasteiger partial charge is 0.310 e. The first-order valence-corrected chi connectivity index (χ1v) is 12.8. The molecule has 11 nitrogen and oxygen atoms in total. The highest BCUT2D eigenvalue weighted by molar-refractivity contribution is 9.10. The SMILES string of the molecule is COc1cc([C@@H]2c3cc4c(cc3[C@@H](NC(=O)c3cc(Br)c[nH]c3=O)[C@H]3COC(=O)[C@H]23)OCO4)cc(OC)c1O. The Morgan fingerprint density at radius 2 is 1.69 bits per heavy atom. The van der Waals surface area contributed by atoms with Crippen molar-refractivity contribution in [3.63, 3.8) is 0 Å². The minimum absolute atomic E-state index is 0.0308.